The van der Waals surface area contributed by atoms with Gasteiger partial charge >= 0.3 is 0 Å². The fourth-order valence-corrected chi connectivity index (χ4v) is 3.28. The highest BCUT2D eigenvalue weighted by Crippen LogP contribution is 2.17. The molecule has 2 N–H and O–H groups in total. The molecule has 0 saturated heterocycles. The van der Waals surface area contributed by atoms with E-state index in [0.717, 1.165) is 30.1 Å². The first-order valence-corrected chi connectivity index (χ1v) is 9.63. The Morgan fingerprint density at radius 1 is 1.15 bits per heavy atom. The van der Waals surface area contributed by atoms with Gasteiger partial charge in [0.25, 0.3) is 5.91 Å². The lowest BCUT2D eigenvalue weighted by Gasteiger charge is -2.15. The summed E-state index contributed by atoms with van der Waals surface area (Å²) < 4.78 is 0. The van der Waals surface area contributed by atoms with Gasteiger partial charge in [0, 0.05) is 17.1 Å². The van der Waals surface area contributed by atoms with Crippen molar-refractivity contribution in [3.63, 3.8) is 0 Å². The molecule has 0 aliphatic rings. The molecule has 0 saturated carbocycles. The van der Waals surface area contributed by atoms with E-state index in [1.54, 1.807) is 6.07 Å². The van der Waals surface area contributed by atoms with Crippen molar-refractivity contribution in [2.75, 3.05) is 32.0 Å². The molecule has 26 heavy (non-hydrogen) atoms. The summed E-state index contributed by atoms with van der Waals surface area (Å²) >= 11 is 1.42. The van der Waals surface area contributed by atoms with Gasteiger partial charge in [0.2, 0.25) is 5.91 Å². The van der Waals surface area contributed by atoms with E-state index in [1.807, 2.05) is 31.2 Å². The number of anilines is 1. The lowest BCUT2D eigenvalue weighted by Crippen LogP contribution is -2.32. The quantitative estimate of drug-likeness (QED) is 0.747. The van der Waals surface area contributed by atoms with E-state index in [4.69, 9.17) is 0 Å². The van der Waals surface area contributed by atoms with Crippen molar-refractivity contribution >= 4 is 28.8 Å². The van der Waals surface area contributed by atoms with Crippen molar-refractivity contribution in [1.29, 1.82) is 0 Å². The van der Waals surface area contributed by atoms with Crippen LogP contribution in [0.4, 0.5) is 5.69 Å². The minimum absolute atomic E-state index is 0.0441. The summed E-state index contributed by atoms with van der Waals surface area (Å²) in [6, 6.07) is 9.59. The summed E-state index contributed by atoms with van der Waals surface area (Å²) in [5.41, 5.74) is 3.20. The van der Waals surface area contributed by atoms with Crippen LogP contribution in [0.3, 0.4) is 0 Å². The Bertz CT molecular complexity index is 770. The van der Waals surface area contributed by atoms with Crippen molar-refractivity contribution < 1.29 is 9.59 Å². The molecule has 1 aromatic carbocycles. The van der Waals surface area contributed by atoms with Gasteiger partial charge in [-0.05, 0) is 69.3 Å². The van der Waals surface area contributed by atoms with Gasteiger partial charge in [0.05, 0.1) is 11.4 Å². The Morgan fingerprint density at radius 2 is 1.92 bits per heavy atom. The van der Waals surface area contributed by atoms with Crippen LogP contribution in [0, 0.1) is 13.8 Å². The Hall–Kier alpha value is -2.18. The summed E-state index contributed by atoms with van der Waals surface area (Å²) in [6.45, 7) is 8.11. The third-order valence-corrected chi connectivity index (χ3v) is 5.31. The van der Waals surface area contributed by atoms with E-state index < -0.39 is 0 Å². The maximum absolute atomic E-state index is 12.1. The normalized spacial score (nSPS) is 10.8. The topological polar surface area (TPSA) is 61.4 Å². The van der Waals surface area contributed by atoms with Gasteiger partial charge < -0.3 is 15.5 Å². The summed E-state index contributed by atoms with van der Waals surface area (Å²) in [6.07, 6.45) is 0.939. The van der Waals surface area contributed by atoms with Gasteiger partial charge in [-0.15, -0.1) is 11.3 Å². The maximum atomic E-state index is 12.1. The van der Waals surface area contributed by atoms with Crippen molar-refractivity contribution in [2.24, 2.45) is 0 Å². The molecule has 2 amide bonds. The Labute approximate surface area is 159 Å². The fraction of sp³-hybridized carbons (Fsp3) is 0.400. The first-order valence-electron chi connectivity index (χ1n) is 8.81. The second kappa shape index (κ2) is 9.50. The number of thiophene rings is 1. The standard InChI is InChI=1S/C20H27N3O2S/c1-5-23(4)11-10-16-12-17(8-6-14(16)2)22-19(24)13-21-20(25)18-9-7-15(3)26-18/h6-9,12H,5,10-11,13H2,1-4H3,(H,21,25)(H,22,24). The van der Waals surface area contributed by atoms with Gasteiger partial charge in [0.15, 0.2) is 0 Å². The highest BCUT2D eigenvalue weighted by molar-refractivity contribution is 7.13. The van der Waals surface area contributed by atoms with E-state index in [-0.39, 0.29) is 18.4 Å². The van der Waals surface area contributed by atoms with Crippen LogP contribution in [0.15, 0.2) is 30.3 Å². The van der Waals surface area contributed by atoms with Crippen molar-refractivity contribution in [2.45, 2.75) is 27.2 Å². The second-order valence-electron chi connectivity index (χ2n) is 6.43. The zero-order valence-electron chi connectivity index (χ0n) is 15.9. The summed E-state index contributed by atoms with van der Waals surface area (Å²) in [4.78, 5) is 28.1. The van der Waals surface area contributed by atoms with E-state index in [9.17, 15) is 9.59 Å². The molecule has 1 aromatic heterocycles. The van der Waals surface area contributed by atoms with Crippen LogP contribution >= 0.6 is 11.3 Å². The third-order valence-electron chi connectivity index (χ3n) is 4.31. The molecule has 2 rings (SSSR count). The third kappa shape index (κ3) is 5.97. The van der Waals surface area contributed by atoms with Crippen LogP contribution < -0.4 is 10.6 Å². The maximum Gasteiger partial charge on any atom is 0.261 e. The summed E-state index contributed by atoms with van der Waals surface area (Å²) in [5.74, 6) is -0.447. The Morgan fingerprint density at radius 3 is 2.58 bits per heavy atom. The van der Waals surface area contributed by atoms with E-state index in [1.165, 1.54) is 22.5 Å². The molecular weight excluding hydrogens is 346 g/mol. The van der Waals surface area contributed by atoms with Crippen LogP contribution in [0.1, 0.15) is 32.6 Å². The average Bonchev–Trinajstić information content (AvgIpc) is 3.06. The Balaban J connectivity index is 1.89. The number of nitrogens with one attached hydrogen (secondary N) is 2. The number of likely N-dealkylation sites (N-methyl/N-ethyl adjacent to an activating group) is 1. The second-order valence-corrected chi connectivity index (χ2v) is 7.72. The van der Waals surface area contributed by atoms with E-state index in [0.29, 0.717) is 4.88 Å². The van der Waals surface area contributed by atoms with Gasteiger partial charge in [-0.1, -0.05) is 13.0 Å². The fourth-order valence-electron chi connectivity index (χ4n) is 2.50. The molecule has 6 heteroatoms. The molecule has 0 bridgehead atoms. The molecule has 0 aliphatic heterocycles. The number of benzene rings is 1. The molecule has 0 fully saturated rings. The number of nitrogens with zero attached hydrogens (tertiary/aromatic N) is 1. The number of hydrogen-bond acceptors (Lipinski definition) is 4. The highest BCUT2D eigenvalue weighted by atomic mass is 32.1. The van der Waals surface area contributed by atoms with Gasteiger partial charge in [-0.2, -0.15) is 0 Å². The lowest BCUT2D eigenvalue weighted by atomic mass is 10.0. The molecule has 1 heterocycles. The number of carbonyl (C=O) groups is 2. The van der Waals surface area contributed by atoms with Gasteiger partial charge in [-0.25, -0.2) is 0 Å². The van der Waals surface area contributed by atoms with Crippen molar-refractivity contribution in [3.8, 4) is 0 Å². The molecule has 5 nitrogen and oxygen atoms in total. The molecule has 0 aliphatic carbocycles. The SMILES string of the molecule is CCN(C)CCc1cc(NC(=O)CNC(=O)c2ccc(C)s2)ccc1C. The van der Waals surface area contributed by atoms with Crippen LogP contribution in [-0.4, -0.2) is 43.4 Å². The summed E-state index contributed by atoms with van der Waals surface area (Å²) in [7, 11) is 2.10. The zero-order valence-corrected chi connectivity index (χ0v) is 16.7. The minimum atomic E-state index is -0.230. The van der Waals surface area contributed by atoms with Crippen LogP contribution in [0.5, 0.6) is 0 Å². The molecule has 0 radical (unpaired) electrons. The number of carbonyl (C=O) groups excluding carboxylic acids is 2. The number of hydrogen-bond donors (Lipinski definition) is 2. The van der Waals surface area contributed by atoms with E-state index in [2.05, 4.69) is 36.4 Å². The number of aryl methyl sites for hydroxylation is 2. The zero-order chi connectivity index (χ0) is 19.1. The first kappa shape index (κ1) is 20.1. The Kier molecular flexibility index (Phi) is 7.36. The van der Waals surface area contributed by atoms with Crippen LogP contribution in [-0.2, 0) is 11.2 Å². The number of rotatable bonds is 8. The van der Waals surface area contributed by atoms with Crippen LogP contribution in [0.2, 0.25) is 0 Å². The molecule has 0 unspecified atom stereocenters. The molecular formula is C20H27N3O2S. The van der Waals surface area contributed by atoms with Crippen LogP contribution in [0.25, 0.3) is 0 Å². The molecule has 2 aromatic rings. The molecule has 0 atom stereocenters. The largest absolute Gasteiger partial charge is 0.342 e. The highest BCUT2D eigenvalue weighted by Gasteiger charge is 2.10. The van der Waals surface area contributed by atoms with Crippen molar-refractivity contribution in [1.82, 2.24) is 10.2 Å². The average molecular weight is 374 g/mol. The van der Waals surface area contributed by atoms with Gasteiger partial charge in [0.1, 0.15) is 0 Å². The predicted molar refractivity (Wildman–Crippen MR) is 108 cm³/mol. The summed E-state index contributed by atoms with van der Waals surface area (Å²) in [5, 5.41) is 5.52. The lowest BCUT2D eigenvalue weighted by molar-refractivity contribution is -0.115. The predicted octanol–water partition coefficient (Wildman–Crippen LogP) is 3.23. The minimum Gasteiger partial charge on any atom is -0.342 e. The smallest absolute Gasteiger partial charge is 0.261 e. The first-order chi connectivity index (χ1) is 12.4. The molecule has 0 spiro atoms. The van der Waals surface area contributed by atoms with Crippen molar-refractivity contribution in [3.05, 3.63) is 51.2 Å². The monoisotopic (exact) mass is 373 g/mol. The molecule has 140 valence electrons. The van der Waals surface area contributed by atoms with Gasteiger partial charge in [-0.3, -0.25) is 9.59 Å². The number of amides is 2. The van der Waals surface area contributed by atoms with E-state index >= 15 is 0 Å².